The maximum absolute atomic E-state index is 13.0. The van der Waals surface area contributed by atoms with Gasteiger partial charge in [-0.1, -0.05) is 0 Å². The second-order valence-corrected chi connectivity index (χ2v) is 21.7. The molecule has 0 heterocycles. The van der Waals surface area contributed by atoms with Gasteiger partial charge in [0.2, 0.25) is 104 Å². The van der Waals surface area contributed by atoms with Crippen molar-refractivity contribution in [3.05, 3.63) is 0 Å². The third-order valence-electron chi connectivity index (χ3n) is 6.29. The topological polar surface area (TPSA) is 723 Å². The largest absolute Gasteiger partial charge is 1.00 e. The Kier molecular flexibility index (Phi) is 66.5. The summed E-state index contributed by atoms with van der Waals surface area (Å²) in [6.45, 7) is -7.24. The summed E-state index contributed by atoms with van der Waals surface area (Å²) in [6, 6.07) is 0. The Morgan fingerprint density at radius 3 is 0.650 bits per heavy atom. The molecule has 0 radical (unpaired) electrons. The number of hydrogen-bond acceptors (Lipinski definition) is 42. The molecule has 0 aromatic carbocycles. The van der Waals surface area contributed by atoms with E-state index < -0.39 is 204 Å². The van der Waals surface area contributed by atoms with Crippen molar-refractivity contribution in [3.8, 4) is 0 Å². The molecular formula is C16H22N2Na10O42S10. The van der Waals surface area contributed by atoms with Crippen LogP contribution in [0, 0.1) is 0 Å². The molecule has 418 valence electrons. The van der Waals surface area contributed by atoms with Crippen LogP contribution in [0.4, 0.5) is 0 Å². The van der Waals surface area contributed by atoms with Crippen molar-refractivity contribution in [3.63, 3.8) is 0 Å². The minimum absolute atomic E-state index is 0. The molecule has 8 atom stereocenters. The predicted molar refractivity (Wildman–Crippen MR) is 183 cm³/mol. The van der Waals surface area contributed by atoms with Crippen LogP contribution < -0.4 is 306 Å². The Morgan fingerprint density at radius 1 is 0.287 bits per heavy atom. The number of nitrogens with one attached hydrogen (secondary N) is 2. The zero-order chi connectivity index (χ0) is 55.5. The van der Waals surface area contributed by atoms with Crippen LogP contribution in [-0.4, -0.2) is 217 Å². The summed E-state index contributed by atoms with van der Waals surface area (Å²) in [5.41, 5.74) is 0. The van der Waals surface area contributed by atoms with E-state index in [0.29, 0.717) is 0 Å². The molecule has 2 amide bonds. The molecule has 0 aliphatic heterocycles. The fourth-order valence-electron chi connectivity index (χ4n) is 4.34. The number of hydrogen-bond donors (Lipinski definition) is 2. The average molecular weight is 1460 g/mol. The molecule has 64 heteroatoms. The molecule has 2 N–H and O–H groups in total. The predicted octanol–water partition coefficient (Wildman–Crippen LogP) is -42.2. The molecule has 0 saturated carbocycles. The van der Waals surface area contributed by atoms with E-state index in [9.17, 15) is 139 Å². The number of rotatable bonds is 35. The first-order chi connectivity index (χ1) is 30.8. The van der Waals surface area contributed by atoms with E-state index >= 15 is 0 Å². The maximum atomic E-state index is 13.0. The van der Waals surface area contributed by atoms with Gasteiger partial charge in [-0.3, -0.25) is 51.4 Å². The summed E-state index contributed by atoms with van der Waals surface area (Å²) in [5, 5.41) is 2.87. The number of carbonyl (C=O) groups is 2. The summed E-state index contributed by atoms with van der Waals surface area (Å²) in [6.07, 6.45) is -32.5. The van der Waals surface area contributed by atoms with E-state index in [4.69, 9.17) is 0 Å². The maximum Gasteiger partial charge on any atom is 1.00 e. The molecule has 0 aliphatic rings. The summed E-state index contributed by atoms with van der Waals surface area (Å²) in [7, 11) is -65.2. The smallest absolute Gasteiger partial charge is 0.726 e. The van der Waals surface area contributed by atoms with Crippen molar-refractivity contribution < 1.29 is 477 Å². The van der Waals surface area contributed by atoms with Crippen LogP contribution in [0.25, 0.3) is 0 Å². The van der Waals surface area contributed by atoms with E-state index in [2.05, 4.69) is 41.8 Å². The Bertz CT molecular complexity index is 2810. The SMILES string of the molecule is O=C(NCCCCNC(=O)[C@H](OS(=O)(=O)[O-])[C@H](OS(=O)(=O)[O-])[C@@H](OS(=O)(=O)[O-])[C@H](COS(=O)(=O)[O-])OS(=O)(=O)[O-])[C@H](OS(=O)(=O)[O-])[C@H](OS(=O)(=O)[O-])[C@@H](OS(=O)(=O)[O-])[C@H](COS(=O)(=O)[O-])OS(=O)(=O)[O-].[Na+].[Na+].[Na+].[Na+].[Na+].[Na+].[Na+].[Na+].[Na+].[Na+]. The molecule has 0 aromatic rings. The summed E-state index contributed by atoms with van der Waals surface area (Å²) in [4.78, 5) is 26.1. The van der Waals surface area contributed by atoms with Gasteiger partial charge in [0.15, 0.2) is 12.2 Å². The molecule has 44 nitrogen and oxygen atoms in total. The zero-order valence-electron chi connectivity index (χ0n) is 42.1. The molecule has 0 unspecified atom stereocenters. The Morgan fingerprint density at radius 2 is 0.475 bits per heavy atom. The minimum Gasteiger partial charge on any atom is -0.726 e. The van der Waals surface area contributed by atoms with Crippen LogP contribution >= 0.6 is 0 Å². The van der Waals surface area contributed by atoms with Gasteiger partial charge in [0.05, 0.1) is 13.2 Å². The monoisotopic (exact) mass is 1460 g/mol. The van der Waals surface area contributed by atoms with Crippen LogP contribution in [0.3, 0.4) is 0 Å². The molecule has 0 saturated heterocycles. The Hall–Kier alpha value is 7.64. The van der Waals surface area contributed by atoms with Gasteiger partial charge >= 0.3 is 296 Å². The van der Waals surface area contributed by atoms with Gasteiger partial charge in [0.1, 0.15) is 36.6 Å². The summed E-state index contributed by atoms with van der Waals surface area (Å²) >= 11 is 0. The molecule has 80 heavy (non-hydrogen) atoms. The fourth-order valence-corrected chi connectivity index (χ4v) is 8.75. The molecule has 0 fully saturated rings. The van der Waals surface area contributed by atoms with E-state index in [-0.39, 0.29) is 296 Å². The van der Waals surface area contributed by atoms with Crippen molar-refractivity contribution in [2.45, 2.75) is 61.7 Å². The van der Waals surface area contributed by atoms with Crippen molar-refractivity contribution in [2.24, 2.45) is 0 Å². The Balaban J connectivity index is -0.000000529. The number of unbranched alkanes of at least 4 members (excludes halogenated alkanes) is 1. The first kappa shape index (κ1) is 112. The fraction of sp³-hybridized carbons (Fsp3) is 0.875. The standard InChI is InChI=1S/C16H32N2O42S10.10Na/c19-15(13(59-69(45,46)47)11(57-67(39,40)41)9(55-65(33,34)35)7(53-63(27,28)29)5-51-61(21,22)23)17-3-1-2-4-18-16(20)14(60-70(48,49)50)12(58-68(42,43)44)10(56-66(36,37)38)8(54-64(30,31)32)6-52-62(24,25)26;;;;;;;;;;/h7-14H,1-6H2,(H,17,19)(H,18,20)(H,21,22,23)(H,24,25,26)(H,27,28,29)(H,30,31,32)(H,33,34,35)(H,36,37,38)(H,39,40,41)(H,42,43,44)(H,45,46,47)(H,48,49,50);;;;;;;;;;/q;10*+1/p-10/t7-,8-,9-,10-,11+,12+,13+,14+;;;;;;;;;;/m0........../s1. The first-order valence-electron chi connectivity index (χ1n) is 15.6. The second-order valence-electron chi connectivity index (χ2n) is 11.5. The normalized spacial score (nSPS) is 15.4. The minimum atomic E-state index is -6.69. The van der Waals surface area contributed by atoms with Crippen LogP contribution in [-0.2, 0) is 155 Å². The van der Waals surface area contributed by atoms with Gasteiger partial charge < -0.3 is 56.2 Å². The summed E-state index contributed by atoms with van der Waals surface area (Å²) < 4.78 is 377. The van der Waals surface area contributed by atoms with Gasteiger partial charge in [0.25, 0.3) is 11.8 Å². The van der Waals surface area contributed by atoms with Crippen LogP contribution in [0.5, 0.6) is 0 Å². The molecule has 0 rings (SSSR count). The van der Waals surface area contributed by atoms with Gasteiger partial charge in [-0.25, -0.2) is 84.2 Å². The quantitative estimate of drug-likeness (QED) is 0.0257. The van der Waals surface area contributed by atoms with Crippen LogP contribution in [0.2, 0.25) is 0 Å². The Labute approximate surface area is 677 Å². The third-order valence-corrected chi connectivity index (χ3v) is 10.8. The summed E-state index contributed by atoms with van der Waals surface area (Å²) in [5.74, 6) is -4.85. The molecule has 0 bridgehead atoms. The van der Waals surface area contributed by atoms with Gasteiger partial charge in [-0.15, -0.1) is 0 Å². The van der Waals surface area contributed by atoms with Crippen LogP contribution in [0.15, 0.2) is 0 Å². The number of carbonyl (C=O) groups excluding carboxylic acids is 2. The molecule has 0 aromatic heterocycles. The second kappa shape index (κ2) is 47.5. The third kappa shape index (κ3) is 60.6. The molecule has 0 aliphatic carbocycles. The van der Waals surface area contributed by atoms with Gasteiger partial charge in [-0.2, -0.15) is 0 Å². The van der Waals surface area contributed by atoms with Crippen molar-refractivity contribution in [1.82, 2.24) is 10.6 Å². The molecular weight excluding hydrogens is 1440 g/mol. The van der Waals surface area contributed by atoms with Crippen molar-refractivity contribution in [2.75, 3.05) is 26.3 Å². The van der Waals surface area contributed by atoms with E-state index in [1.54, 1.807) is 0 Å². The van der Waals surface area contributed by atoms with E-state index in [1.807, 2.05) is 0 Å². The zero-order valence-corrected chi connectivity index (χ0v) is 70.3. The van der Waals surface area contributed by atoms with E-state index in [0.717, 1.165) is 0 Å². The van der Waals surface area contributed by atoms with Crippen molar-refractivity contribution >= 4 is 116 Å². The molecule has 0 spiro atoms. The van der Waals surface area contributed by atoms with Gasteiger partial charge in [-0.05, 0) is 12.8 Å². The van der Waals surface area contributed by atoms with Crippen molar-refractivity contribution in [1.29, 1.82) is 0 Å². The van der Waals surface area contributed by atoms with E-state index in [1.165, 1.54) is 10.6 Å². The number of amides is 2. The average Bonchev–Trinajstić information content (AvgIpc) is 3.06. The van der Waals surface area contributed by atoms with Gasteiger partial charge in [0, 0.05) is 13.1 Å². The first-order valence-corrected chi connectivity index (χ1v) is 29.0. The van der Waals surface area contributed by atoms with Crippen LogP contribution in [0.1, 0.15) is 12.8 Å².